The number of hydrogen-bond donors (Lipinski definition) is 2. The van der Waals surface area contributed by atoms with Gasteiger partial charge in [0.1, 0.15) is 0 Å². The van der Waals surface area contributed by atoms with Crippen LogP contribution in [0.3, 0.4) is 0 Å². The first-order valence-corrected chi connectivity index (χ1v) is 6.77. The van der Waals surface area contributed by atoms with E-state index in [4.69, 9.17) is 5.73 Å². The van der Waals surface area contributed by atoms with Crippen LogP contribution in [-0.2, 0) is 6.42 Å². The lowest BCUT2D eigenvalue weighted by molar-refractivity contribution is 0.761. The van der Waals surface area contributed by atoms with Gasteiger partial charge in [0.25, 0.3) is 0 Å². The van der Waals surface area contributed by atoms with E-state index in [1.807, 2.05) is 12.1 Å². The normalized spacial score (nSPS) is 17.5. The molecule has 0 fully saturated rings. The number of aromatic nitrogens is 1. The maximum atomic E-state index is 5.82. The lowest BCUT2D eigenvalue weighted by Crippen LogP contribution is -2.07. The summed E-state index contributed by atoms with van der Waals surface area (Å²) in [6.07, 6.45) is 5.79. The van der Waals surface area contributed by atoms with Crippen LogP contribution < -0.4 is 11.1 Å². The molecule has 1 aliphatic carbocycles. The zero-order valence-corrected chi connectivity index (χ0v) is 11.4. The lowest BCUT2D eigenvalue weighted by Gasteiger charge is -2.16. The number of pyridine rings is 1. The monoisotopic (exact) mass is 303 g/mol. The van der Waals surface area contributed by atoms with Gasteiger partial charge in [0.2, 0.25) is 0 Å². The molecule has 1 unspecified atom stereocenters. The van der Waals surface area contributed by atoms with Crippen molar-refractivity contribution in [2.24, 2.45) is 0 Å². The van der Waals surface area contributed by atoms with Gasteiger partial charge in [0.15, 0.2) is 0 Å². The molecule has 1 aliphatic rings. The average molecular weight is 304 g/mol. The Bertz CT molecular complexity index is 583. The Morgan fingerprint density at radius 2 is 2.22 bits per heavy atom. The van der Waals surface area contributed by atoms with Crippen molar-refractivity contribution in [1.82, 2.24) is 4.98 Å². The van der Waals surface area contributed by atoms with E-state index in [1.54, 1.807) is 12.4 Å². The number of halogens is 1. The summed E-state index contributed by atoms with van der Waals surface area (Å²) in [5.74, 6) is 0. The third-order valence-corrected chi connectivity index (χ3v) is 3.98. The summed E-state index contributed by atoms with van der Waals surface area (Å²) >= 11 is 3.51. The highest BCUT2D eigenvalue weighted by molar-refractivity contribution is 9.10. The maximum absolute atomic E-state index is 5.82. The molecule has 3 nitrogen and oxygen atoms in total. The van der Waals surface area contributed by atoms with E-state index in [-0.39, 0.29) is 0 Å². The van der Waals surface area contributed by atoms with Crippen LogP contribution in [-0.4, -0.2) is 4.98 Å². The number of nitrogens with two attached hydrogens (primary N) is 1. The van der Waals surface area contributed by atoms with Crippen molar-refractivity contribution in [3.63, 3.8) is 0 Å². The molecule has 0 aliphatic heterocycles. The molecule has 4 heteroatoms. The van der Waals surface area contributed by atoms with E-state index >= 15 is 0 Å². The van der Waals surface area contributed by atoms with Gasteiger partial charge in [-0.2, -0.15) is 0 Å². The van der Waals surface area contributed by atoms with Crippen LogP contribution in [0.1, 0.15) is 23.6 Å². The van der Waals surface area contributed by atoms with Crippen molar-refractivity contribution in [1.29, 1.82) is 0 Å². The number of fused-ring (bicyclic) bond motifs is 1. The van der Waals surface area contributed by atoms with E-state index < -0.39 is 0 Å². The molecule has 0 saturated heterocycles. The van der Waals surface area contributed by atoms with Gasteiger partial charge in [-0.3, -0.25) is 4.98 Å². The Morgan fingerprint density at radius 3 is 3.06 bits per heavy atom. The number of nitrogen functional groups attached to an aromatic ring is 1. The molecule has 0 spiro atoms. The Balaban J connectivity index is 1.87. The van der Waals surface area contributed by atoms with Crippen LogP contribution in [0.2, 0.25) is 0 Å². The summed E-state index contributed by atoms with van der Waals surface area (Å²) in [6, 6.07) is 8.53. The fourth-order valence-electron chi connectivity index (χ4n) is 2.47. The molecule has 92 valence electrons. The predicted molar refractivity (Wildman–Crippen MR) is 77.5 cm³/mol. The zero-order chi connectivity index (χ0) is 12.5. The smallest absolute Gasteiger partial charge is 0.0590 e. The van der Waals surface area contributed by atoms with E-state index in [0.29, 0.717) is 6.04 Å². The molecule has 1 aromatic carbocycles. The number of benzene rings is 1. The van der Waals surface area contributed by atoms with Crippen LogP contribution in [0.5, 0.6) is 0 Å². The van der Waals surface area contributed by atoms with E-state index in [2.05, 4.69) is 38.4 Å². The van der Waals surface area contributed by atoms with Crippen molar-refractivity contribution in [2.75, 3.05) is 11.1 Å². The summed E-state index contributed by atoms with van der Waals surface area (Å²) in [5, 5.41) is 3.56. The SMILES string of the molecule is Nc1ccc2c(c1)CCC2Nc1ccncc1Br. The van der Waals surface area contributed by atoms with Crippen molar-refractivity contribution in [3.8, 4) is 0 Å². The van der Waals surface area contributed by atoms with Crippen molar-refractivity contribution < 1.29 is 0 Å². The second-order valence-corrected chi connectivity index (χ2v) is 5.40. The van der Waals surface area contributed by atoms with Crippen molar-refractivity contribution >= 4 is 27.3 Å². The van der Waals surface area contributed by atoms with E-state index in [0.717, 1.165) is 28.7 Å². The number of anilines is 2. The van der Waals surface area contributed by atoms with Crippen LogP contribution >= 0.6 is 15.9 Å². The second-order valence-electron chi connectivity index (χ2n) is 4.55. The Morgan fingerprint density at radius 1 is 1.33 bits per heavy atom. The standard InChI is InChI=1S/C14H14BrN3/c15-12-8-17-6-5-14(12)18-13-4-1-9-7-10(16)2-3-11(9)13/h2-3,5-8,13H,1,4,16H2,(H,17,18). The van der Waals surface area contributed by atoms with Crippen LogP contribution in [0.25, 0.3) is 0 Å². The summed E-state index contributed by atoms with van der Waals surface area (Å²) in [5.41, 5.74) is 10.5. The molecule has 1 heterocycles. The minimum atomic E-state index is 0.360. The highest BCUT2D eigenvalue weighted by Gasteiger charge is 2.22. The minimum absolute atomic E-state index is 0.360. The Labute approximate surface area is 115 Å². The third-order valence-electron chi connectivity index (χ3n) is 3.35. The Hall–Kier alpha value is -1.55. The second kappa shape index (κ2) is 4.61. The van der Waals surface area contributed by atoms with Gasteiger partial charge in [-0.05, 0) is 58.1 Å². The van der Waals surface area contributed by atoms with Gasteiger partial charge in [-0.15, -0.1) is 0 Å². The van der Waals surface area contributed by atoms with Gasteiger partial charge < -0.3 is 11.1 Å². The summed E-state index contributed by atoms with van der Waals surface area (Å²) in [4.78, 5) is 4.07. The third kappa shape index (κ3) is 2.08. The molecule has 0 radical (unpaired) electrons. The van der Waals surface area contributed by atoms with E-state index in [1.165, 1.54) is 11.1 Å². The first kappa shape index (κ1) is 11.5. The fraction of sp³-hybridized carbons (Fsp3) is 0.214. The molecule has 3 N–H and O–H groups in total. The summed E-state index contributed by atoms with van der Waals surface area (Å²) in [7, 11) is 0. The summed E-state index contributed by atoms with van der Waals surface area (Å²) < 4.78 is 0.994. The molecule has 1 aromatic heterocycles. The molecular weight excluding hydrogens is 290 g/mol. The topological polar surface area (TPSA) is 50.9 Å². The maximum Gasteiger partial charge on any atom is 0.0590 e. The Kier molecular flexibility index (Phi) is 2.96. The van der Waals surface area contributed by atoms with Crippen molar-refractivity contribution in [2.45, 2.75) is 18.9 Å². The lowest BCUT2D eigenvalue weighted by atomic mass is 10.1. The largest absolute Gasteiger partial charge is 0.399 e. The highest BCUT2D eigenvalue weighted by atomic mass is 79.9. The predicted octanol–water partition coefficient (Wildman–Crippen LogP) is 3.53. The first-order chi connectivity index (χ1) is 8.74. The number of nitrogens with zero attached hydrogens (tertiary/aromatic N) is 1. The number of hydrogen-bond acceptors (Lipinski definition) is 3. The van der Waals surface area contributed by atoms with Gasteiger partial charge in [0.05, 0.1) is 16.2 Å². The van der Waals surface area contributed by atoms with Crippen LogP contribution in [0.15, 0.2) is 41.1 Å². The molecule has 0 bridgehead atoms. The molecule has 2 aromatic rings. The number of rotatable bonds is 2. The quantitative estimate of drug-likeness (QED) is 0.835. The average Bonchev–Trinajstić information content (AvgIpc) is 2.74. The first-order valence-electron chi connectivity index (χ1n) is 5.98. The van der Waals surface area contributed by atoms with E-state index in [9.17, 15) is 0 Å². The fourth-order valence-corrected chi connectivity index (χ4v) is 2.83. The summed E-state index contributed by atoms with van der Waals surface area (Å²) in [6.45, 7) is 0. The molecule has 3 rings (SSSR count). The number of aryl methyl sites for hydroxylation is 1. The van der Waals surface area contributed by atoms with Gasteiger partial charge in [0, 0.05) is 18.1 Å². The highest BCUT2D eigenvalue weighted by Crippen LogP contribution is 2.36. The zero-order valence-electron chi connectivity index (χ0n) is 9.86. The molecule has 18 heavy (non-hydrogen) atoms. The van der Waals surface area contributed by atoms with Gasteiger partial charge >= 0.3 is 0 Å². The van der Waals surface area contributed by atoms with Gasteiger partial charge in [-0.25, -0.2) is 0 Å². The van der Waals surface area contributed by atoms with Crippen LogP contribution in [0.4, 0.5) is 11.4 Å². The minimum Gasteiger partial charge on any atom is -0.399 e. The molecule has 1 atom stereocenters. The number of nitrogens with one attached hydrogen (secondary N) is 1. The van der Waals surface area contributed by atoms with Gasteiger partial charge in [-0.1, -0.05) is 6.07 Å². The van der Waals surface area contributed by atoms with Crippen molar-refractivity contribution in [3.05, 3.63) is 52.3 Å². The molecular formula is C14H14BrN3. The van der Waals surface area contributed by atoms with Crippen LogP contribution in [0, 0.1) is 0 Å². The molecule has 0 saturated carbocycles. The molecule has 0 amide bonds.